The number of nitriles is 1. The second-order valence-corrected chi connectivity index (χ2v) is 3.18. The molecule has 2 atom stereocenters. The standard InChI is InChI=1S/C10H13N3O2/c11-3-1-9(14)10(15)7-2-4-13-8(5-7)6-12/h2,4-5,9-10,14-15H,1,3,11H2. The van der Waals surface area contributed by atoms with Crippen LogP contribution in [-0.4, -0.2) is 27.8 Å². The summed E-state index contributed by atoms with van der Waals surface area (Å²) in [4.78, 5) is 3.77. The van der Waals surface area contributed by atoms with E-state index in [1.807, 2.05) is 6.07 Å². The molecule has 0 aromatic carbocycles. The van der Waals surface area contributed by atoms with Gasteiger partial charge in [-0.15, -0.1) is 0 Å². The van der Waals surface area contributed by atoms with Crippen molar-refractivity contribution in [3.63, 3.8) is 0 Å². The van der Waals surface area contributed by atoms with Crippen molar-refractivity contribution >= 4 is 0 Å². The van der Waals surface area contributed by atoms with Crippen LogP contribution < -0.4 is 5.73 Å². The molecule has 0 radical (unpaired) electrons. The van der Waals surface area contributed by atoms with Gasteiger partial charge in [-0.05, 0) is 30.7 Å². The number of hydrogen-bond donors (Lipinski definition) is 3. The third kappa shape index (κ3) is 2.99. The van der Waals surface area contributed by atoms with Crippen LogP contribution in [0.25, 0.3) is 0 Å². The highest BCUT2D eigenvalue weighted by Crippen LogP contribution is 2.18. The number of rotatable bonds is 4. The summed E-state index contributed by atoms with van der Waals surface area (Å²) in [5.41, 5.74) is 5.95. The zero-order chi connectivity index (χ0) is 11.3. The topological polar surface area (TPSA) is 103 Å². The van der Waals surface area contributed by atoms with Gasteiger partial charge in [-0.1, -0.05) is 0 Å². The molecule has 0 aliphatic carbocycles. The first-order valence-electron chi connectivity index (χ1n) is 4.61. The van der Waals surface area contributed by atoms with E-state index in [0.717, 1.165) is 0 Å². The van der Waals surface area contributed by atoms with Crippen molar-refractivity contribution in [2.75, 3.05) is 6.54 Å². The molecule has 15 heavy (non-hydrogen) atoms. The first-order valence-corrected chi connectivity index (χ1v) is 4.61. The smallest absolute Gasteiger partial charge is 0.140 e. The number of nitrogens with zero attached hydrogens (tertiary/aromatic N) is 2. The lowest BCUT2D eigenvalue weighted by Crippen LogP contribution is -2.21. The molecule has 5 nitrogen and oxygen atoms in total. The normalized spacial score (nSPS) is 14.3. The Labute approximate surface area is 87.8 Å². The van der Waals surface area contributed by atoms with E-state index < -0.39 is 12.2 Å². The Kier molecular flexibility index (Phi) is 4.18. The lowest BCUT2D eigenvalue weighted by Gasteiger charge is -2.17. The Balaban J connectivity index is 2.82. The Morgan fingerprint density at radius 3 is 2.87 bits per heavy atom. The first-order chi connectivity index (χ1) is 7.19. The lowest BCUT2D eigenvalue weighted by atomic mass is 10.0. The maximum Gasteiger partial charge on any atom is 0.140 e. The fourth-order valence-electron chi connectivity index (χ4n) is 1.24. The maximum absolute atomic E-state index is 9.70. The molecule has 2 unspecified atom stereocenters. The van der Waals surface area contributed by atoms with Gasteiger partial charge in [0.15, 0.2) is 0 Å². The number of aromatic nitrogens is 1. The van der Waals surface area contributed by atoms with Crippen molar-refractivity contribution in [2.45, 2.75) is 18.6 Å². The molecule has 1 aromatic rings. The van der Waals surface area contributed by atoms with Crippen molar-refractivity contribution in [3.05, 3.63) is 29.6 Å². The van der Waals surface area contributed by atoms with Crippen LogP contribution in [0.5, 0.6) is 0 Å². The van der Waals surface area contributed by atoms with E-state index in [1.165, 1.54) is 12.3 Å². The number of aliphatic hydroxyl groups excluding tert-OH is 2. The van der Waals surface area contributed by atoms with Crippen LogP contribution in [0, 0.1) is 11.3 Å². The average molecular weight is 207 g/mol. The Hall–Kier alpha value is -1.48. The molecule has 80 valence electrons. The monoisotopic (exact) mass is 207 g/mol. The van der Waals surface area contributed by atoms with E-state index in [-0.39, 0.29) is 5.69 Å². The van der Waals surface area contributed by atoms with Crippen molar-refractivity contribution in [2.24, 2.45) is 5.73 Å². The Morgan fingerprint density at radius 1 is 1.53 bits per heavy atom. The molecule has 4 N–H and O–H groups in total. The number of aliphatic hydroxyl groups is 2. The maximum atomic E-state index is 9.70. The largest absolute Gasteiger partial charge is 0.390 e. The summed E-state index contributed by atoms with van der Waals surface area (Å²) in [7, 11) is 0. The quantitative estimate of drug-likeness (QED) is 0.628. The molecule has 0 amide bonds. The van der Waals surface area contributed by atoms with E-state index in [9.17, 15) is 10.2 Å². The van der Waals surface area contributed by atoms with Crippen LogP contribution in [0.4, 0.5) is 0 Å². The van der Waals surface area contributed by atoms with Crippen LogP contribution in [0.2, 0.25) is 0 Å². The molecule has 5 heteroatoms. The average Bonchev–Trinajstić information content (AvgIpc) is 2.28. The fraction of sp³-hybridized carbons (Fsp3) is 0.400. The number of hydrogen-bond acceptors (Lipinski definition) is 5. The first kappa shape index (κ1) is 11.6. The Morgan fingerprint density at radius 2 is 2.27 bits per heavy atom. The van der Waals surface area contributed by atoms with Crippen LogP contribution in [0.3, 0.4) is 0 Å². The second-order valence-electron chi connectivity index (χ2n) is 3.18. The fourth-order valence-corrected chi connectivity index (χ4v) is 1.24. The van der Waals surface area contributed by atoms with Crippen molar-refractivity contribution < 1.29 is 10.2 Å². The minimum absolute atomic E-state index is 0.214. The van der Waals surface area contributed by atoms with Crippen molar-refractivity contribution in [1.82, 2.24) is 4.98 Å². The molecular formula is C10H13N3O2. The predicted molar refractivity (Wildman–Crippen MR) is 53.6 cm³/mol. The zero-order valence-corrected chi connectivity index (χ0v) is 8.17. The van der Waals surface area contributed by atoms with E-state index in [1.54, 1.807) is 6.07 Å². The van der Waals surface area contributed by atoms with Crippen LogP contribution in [0.1, 0.15) is 23.8 Å². The third-order valence-corrected chi connectivity index (χ3v) is 2.07. The Bertz CT molecular complexity index is 362. The summed E-state index contributed by atoms with van der Waals surface area (Å²) in [5.74, 6) is 0. The number of nitrogens with two attached hydrogens (primary N) is 1. The molecule has 0 saturated carbocycles. The van der Waals surface area contributed by atoms with Gasteiger partial charge in [0, 0.05) is 6.20 Å². The van der Waals surface area contributed by atoms with Gasteiger partial charge in [0.05, 0.1) is 6.10 Å². The molecule has 0 aliphatic heterocycles. The summed E-state index contributed by atoms with van der Waals surface area (Å²) < 4.78 is 0. The molecule has 1 aromatic heterocycles. The highest BCUT2D eigenvalue weighted by Gasteiger charge is 2.17. The summed E-state index contributed by atoms with van der Waals surface area (Å²) >= 11 is 0. The lowest BCUT2D eigenvalue weighted by molar-refractivity contribution is 0.0149. The van der Waals surface area contributed by atoms with E-state index >= 15 is 0 Å². The van der Waals surface area contributed by atoms with Crippen molar-refractivity contribution in [3.8, 4) is 6.07 Å². The minimum atomic E-state index is -1.02. The SMILES string of the molecule is N#Cc1cc(C(O)C(O)CCN)ccn1. The van der Waals surface area contributed by atoms with E-state index in [0.29, 0.717) is 18.5 Å². The van der Waals surface area contributed by atoms with E-state index in [4.69, 9.17) is 11.0 Å². The molecule has 0 bridgehead atoms. The zero-order valence-electron chi connectivity index (χ0n) is 8.17. The van der Waals surface area contributed by atoms with Gasteiger partial charge in [0.2, 0.25) is 0 Å². The summed E-state index contributed by atoms with van der Waals surface area (Å²) in [6, 6.07) is 4.87. The minimum Gasteiger partial charge on any atom is -0.390 e. The van der Waals surface area contributed by atoms with Gasteiger partial charge in [-0.3, -0.25) is 0 Å². The molecule has 0 spiro atoms. The number of pyridine rings is 1. The highest BCUT2D eigenvalue weighted by atomic mass is 16.3. The second kappa shape index (κ2) is 5.41. The molecular weight excluding hydrogens is 194 g/mol. The highest BCUT2D eigenvalue weighted by molar-refractivity contribution is 5.27. The van der Waals surface area contributed by atoms with Gasteiger partial charge < -0.3 is 15.9 Å². The van der Waals surface area contributed by atoms with Gasteiger partial charge in [0.25, 0.3) is 0 Å². The molecule has 1 heterocycles. The summed E-state index contributed by atoms with van der Waals surface area (Å²) in [6.07, 6.45) is -0.204. The molecule has 1 rings (SSSR count). The summed E-state index contributed by atoms with van der Waals surface area (Å²) in [6.45, 7) is 0.300. The van der Waals surface area contributed by atoms with Gasteiger partial charge in [0.1, 0.15) is 17.9 Å². The summed E-state index contributed by atoms with van der Waals surface area (Å²) in [5, 5.41) is 27.8. The van der Waals surface area contributed by atoms with Crippen LogP contribution in [-0.2, 0) is 0 Å². The van der Waals surface area contributed by atoms with Gasteiger partial charge in [-0.25, -0.2) is 4.98 Å². The molecule has 0 aliphatic rings. The molecule has 0 saturated heterocycles. The van der Waals surface area contributed by atoms with E-state index in [2.05, 4.69) is 4.98 Å². The van der Waals surface area contributed by atoms with Crippen molar-refractivity contribution in [1.29, 1.82) is 5.26 Å². The molecule has 0 fully saturated rings. The third-order valence-electron chi connectivity index (χ3n) is 2.07. The van der Waals surface area contributed by atoms with Gasteiger partial charge >= 0.3 is 0 Å². The predicted octanol–water partition coefficient (Wildman–Crippen LogP) is -0.304. The van der Waals surface area contributed by atoms with Crippen LogP contribution in [0.15, 0.2) is 18.3 Å². The van der Waals surface area contributed by atoms with Gasteiger partial charge in [-0.2, -0.15) is 5.26 Å². The van der Waals surface area contributed by atoms with Crippen LogP contribution >= 0.6 is 0 Å².